The Hall–Kier alpha value is -3.59. The molecule has 0 saturated carbocycles. The molecule has 9 heteroatoms. The van der Waals surface area contributed by atoms with E-state index in [1.807, 2.05) is 12.1 Å². The minimum Gasteiger partial charge on any atom is -0.493 e. The number of allylic oxidation sites excluding steroid dienone is 2. The van der Waals surface area contributed by atoms with Crippen LogP contribution < -0.4 is 14.8 Å². The van der Waals surface area contributed by atoms with Crippen LogP contribution in [0.15, 0.2) is 57.7 Å². The van der Waals surface area contributed by atoms with Crippen LogP contribution in [0.4, 0.5) is 0 Å². The third-order valence-corrected chi connectivity index (χ3v) is 6.39. The summed E-state index contributed by atoms with van der Waals surface area (Å²) >= 11 is 3.48. The van der Waals surface area contributed by atoms with Gasteiger partial charge in [0, 0.05) is 28.3 Å². The average Bonchev–Trinajstić information content (AvgIpc) is 3.12. The van der Waals surface area contributed by atoms with Gasteiger partial charge in [-0.15, -0.1) is 0 Å². The maximum absolute atomic E-state index is 13.5. The number of hydrogen-bond acceptors (Lipinski definition) is 8. The molecule has 0 fully saturated rings. The zero-order chi connectivity index (χ0) is 24.6. The quantitative estimate of drug-likeness (QED) is 0.567. The molecule has 1 heterocycles. The first-order valence-corrected chi connectivity index (χ1v) is 11.1. The summed E-state index contributed by atoms with van der Waals surface area (Å²) in [5.74, 6) is -1.38. The fourth-order valence-electron chi connectivity index (χ4n) is 4.28. The zero-order valence-electron chi connectivity index (χ0n) is 19.0. The second kappa shape index (κ2) is 9.34. The third kappa shape index (κ3) is 3.86. The molecule has 4 rings (SSSR count). The summed E-state index contributed by atoms with van der Waals surface area (Å²) in [6, 6.07) is 10.7. The lowest BCUT2D eigenvalue weighted by molar-refractivity contribution is -0.143. The van der Waals surface area contributed by atoms with Crippen molar-refractivity contribution in [2.45, 2.75) is 12.8 Å². The van der Waals surface area contributed by atoms with Crippen LogP contribution >= 0.6 is 15.9 Å². The molecule has 1 aliphatic heterocycles. The zero-order valence-corrected chi connectivity index (χ0v) is 20.6. The van der Waals surface area contributed by atoms with Gasteiger partial charge in [0.15, 0.2) is 23.9 Å². The Labute approximate surface area is 204 Å². The Kier molecular flexibility index (Phi) is 6.47. The number of Topliss-reactive ketones (excluding diaryl/α,β-unsaturated/α-hetero) is 1. The topological polar surface area (TPSA) is 100 Å². The van der Waals surface area contributed by atoms with E-state index in [1.54, 1.807) is 31.2 Å². The van der Waals surface area contributed by atoms with E-state index in [1.165, 1.54) is 21.3 Å². The highest BCUT2D eigenvalue weighted by atomic mass is 79.9. The van der Waals surface area contributed by atoms with Gasteiger partial charge in [0.25, 0.3) is 0 Å². The average molecular weight is 528 g/mol. The second-order valence-electron chi connectivity index (χ2n) is 7.65. The molecular weight excluding hydrogens is 506 g/mol. The van der Waals surface area contributed by atoms with Gasteiger partial charge < -0.3 is 24.3 Å². The number of carbonyl (C=O) groups is 3. The van der Waals surface area contributed by atoms with Gasteiger partial charge in [-0.3, -0.25) is 4.79 Å². The van der Waals surface area contributed by atoms with Gasteiger partial charge in [-0.2, -0.15) is 0 Å². The van der Waals surface area contributed by atoms with E-state index in [0.29, 0.717) is 49.6 Å². The van der Waals surface area contributed by atoms with Crippen molar-refractivity contribution in [3.63, 3.8) is 0 Å². The second-order valence-corrected chi connectivity index (χ2v) is 8.50. The number of ketones is 1. The van der Waals surface area contributed by atoms with Crippen molar-refractivity contribution in [3.8, 4) is 11.5 Å². The number of hydrogen-bond donors (Lipinski definition) is 1. The molecule has 1 atom stereocenters. The van der Waals surface area contributed by atoms with Crippen LogP contribution in [-0.4, -0.2) is 45.7 Å². The first-order valence-electron chi connectivity index (χ1n) is 10.3. The van der Waals surface area contributed by atoms with E-state index in [-0.39, 0.29) is 12.4 Å². The van der Waals surface area contributed by atoms with Crippen LogP contribution in [0.1, 0.15) is 34.3 Å². The lowest BCUT2D eigenvalue weighted by Gasteiger charge is -2.29. The Morgan fingerprint density at radius 2 is 1.76 bits per heavy atom. The maximum Gasteiger partial charge on any atom is 0.343 e. The van der Waals surface area contributed by atoms with Crippen LogP contribution in [0.25, 0.3) is 5.70 Å². The van der Waals surface area contributed by atoms with Crippen molar-refractivity contribution in [3.05, 3.63) is 74.4 Å². The Morgan fingerprint density at radius 1 is 1.06 bits per heavy atom. The molecule has 1 N–H and O–H groups in total. The molecule has 0 radical (unpaired) electrons. The summed E-state index contributed by atoms with van der Waals surface area (Å²) in [4.78, 5) is 37.9. The largest absolute Gasteiger partial charge is 0.493 e. The number of methoxy groups -OCH3 is 3. The lowest BCUT2D eigenvalue weighted by Crippen LogP contribution is -2.29. The van der Waals surface area contributed by atoms with Crippen molar-refractivity contribution in [1.29, 1.82) is 0 Å². The minimum atomic E-state index is -0.719. The molecule has 34 heavy (non-hydrogen) atoms. The highest BCUT2D eigenvalue weighted by molar-refractivity contribution is 9.10. The van der Waals surface area contributed by atoms with Gasteiger partial charge >= 0.3 is 11.9 Å². The van der Waals surface area contributed by atoms with Crippen molar-refractivity contribution >= 4 is 39.3 Å². The third-order valence-electron chi connectivity index (χ3n) is 5.80. The first-order chi connectivity index (χ1) is 16.3. The fraction of sp³-hybridized carbons (Fsp3) is 0.240. The molecule has 8 nitrogen and oxygen atoms in total. The molecule has 0 unspecified atom stereocenters. The fourth-order valence-corrected chi connectivity index (χ4v) is 4.85. The molecule has 0 aromatic heterocycles. The molecule has 0 amide bonds. The van der Waals surface area contributed by atoms with Crippen LogP contribution in [0.5, 0.6) is 11.5 Å². The maximum atomic E-state index is 13.5. The monoisotopic (exact) mass is 527 g/mol. The highest BCUT2D eigenvalue weighted by Crippen LogP contribution is 2.49. The van der Waals surface area contributed by atoms with Gasteiger partial charge in [0.2, 0.25) is 0 Å². The van der Waals surface area contributed by atoms with E-state index in [0.717, 1.165) is 5.56 Å². The number of rotatable bonds is 6. The Morgan fingerprint density at radius 3 is 2.41 bits per heavy atom. The van der Waals surface area contributed by atoms with E-state index in [9.17, 15) is 14.4 Å². The standard InChI is InChI=1S/C25H22BrNO7/c1-12-19(25(30)33-4)20(21-22(27-12)14-7-5-6-8-15(14)23(21)29)13-9-16(26)24(17(10-13)31-2)34-11-18(28)32-3/h5-10,20,27H,11H2,1-4H3/t20-/m1/s1. The molecule has 2 aromatic carbocycles. The molecule has 1 aliphatic carbocycles. The van der Waals surface area contributed by atoms with Gasteiger partial charge in [-0.1, -0.05) is 24.3 Å². The minimum absolute atomic E-state index is 0.168. The summed E-state index contributed by atoms with van der Waals surface area (Å²) in [6.45, 7) is 1.46. The summed E-state index contributed by atoms with van der Waals surface area (Å²) in [7, 11) is 4.03. The Bertz CT molecular complexity index is 1280. The normalized spacial score (nSPS) is 16.5. The van der Waals surface area contributed by atoms with Crippen LogP contribution in [0.2, 0.25) is 0 Å². The van der Waals surface area contributed by atoms with Gasteiger partial charge in [0.1, 0.15) is 0 Å². The molecule has 2 aromatic rings. The van der Waals surface area contributed by atoms with E-state index >= 15 is 0 Å². The molecule has 0 saturated heterocycles. The number of ether oxygens (including phenoxy) is 4. The van der Waals surface area contributed by atoms with Crippen molar-refractivity contribution in [1.82, 2.24) is 5.32 Å². The summed E-state index contributed by atoms with van der Waals surface area (Å²) < 4.78 is 21.3. The van der Waals surface area contributed by atoms with E-state index < -0.39 is 17.9 Å². The Balaban J connectivity index is 1.88. The van der Waals surface area contributed by atoms with Crippen molar-refractivity contribution in [2.75, 3.05) is 27.9 Å². The number of fused-ring (bicyclic) bond motifs is 2. The predicted octanol–water partition coefficient (Wildman–Crippen LogP) is 3.75. The summed E-state index contributed by atoms with van der Waals surface area (Å²) in [5, 5.41) is 3.24. The number of nitrogens with one attached hydrogen (secondary N) is 1. The highest BCUT2D eigenvalue weighted by Gasteiger charge is 2.43. The molecule has 2 aliphatic rings. The van der Waals surface area contributed by atoms with E-state index in [2.05, 4.69) is 26.0 Å². The number of dihydropyridines is 1. The van der Waals surface area contributed by atoms with Gasteiger partial charge in [-0.25, -0.2) is 9.59 Å². The SMILES string of the molecule is COC(=O)COc1c(Br)cc([C@@H]2C(C(=O)OC)=C(C)NC3=C2C(=O)c2ccccc23)cc1OC. The van der Waals surface area contributed by atoms with Gasteiger partial charge in [-0.05, 0) is 40.5 Å². The van der Waals surface area contributed by atoms with Gasteiger partial charge in [0.05, 0.1) is 37.1 Å². The molecular formula is C25H22BrNO7. The lowest BCUT2D eigenvalue weighted by atomic mass is 9.79. The molecule has 176 valence electrons. The number of carbonyl (C=O) groups excluding carboxylic acids is 3. The number of halogens is 1. The van der Waals surface area contributed by atoms with Crippen LogP contribution in [0.3, 0.4) is 0 Å². The number of esters is 2. The summed E-state index contributed by atoms with van der Waals surface area (Å²) in [6.07, 6.45) is 0. The molecule has 0 spiro atoms. The summed E-state index contributed by atoms with van der Waals surface area (Å²) in [5.41, 5.74) is 3.97. The van der Waals surface area contributed by atoms with Crippen molar-refractivity contribution < 1.29 is 33.3 Å². The van der Waals surface area contributed by atoms with Crippen molar-refractivity contribution in [2.24, 2.45) is 0 Å². The number of benzene rings is 2. The van der Waals surface area contributed by atoms with Crippen LogP contribution in [-0.2, 0) is 19.1 Å². The van der Waals surface area contributed by atoms with Crippen LogP contribution in [0, 0.1) is 0 Å². The first kappa shape index (κ1) is 23.6. The smallest absolute Gasteiger partial charge is 0.343 e. The predicted molar refractivity (Wildman–Crippen MR) is 126 cm³/mol. The van der Waals surface area contributed by atoms with E-state index in [4.69, 9.17) is 14.2 Å². The molecule has 0 bridgehead atoms.